The summed E-state index contributed by atoms with van der Waals surface area (Å²) in [6, 6.07) is -2.74. The minimum atomic E-state index is -5.09. The first-order valence-corrected chi connectivity index (χ1v) is 5.01. The average Bonchev–Trinajstić information content (AvgIpc) is 2.23. The Labute approximate surface area is 100 Å². The summed E-state index contributed by atoms with van der Waals surface area (Å²) in [4.78, 5) is 33.6. The Morgan fingerprint density at radius 2 is 2.00 bits per heavy atom. The zero-order valence-electron chi connectivity index (χ0n) is 9.58. The molecule has 9 heteroatoms. The number of alkyl halides is 3. The molecule has 0 saturated carbocycles. The van der Waals surface area contributed by atoms with E-state index in [1.165, 1.54) is 6.92 Å². The highest BCUT2D eigenvalue weighted by Crippen LogP contribution is 2.22. The smallest absolute Gasteiger partial charge is 0.464 e. The highest BCUT2D eigenvalue weighted by molar-refractivity contribution is 6.02. The van der Waals surface area contributed by atoms with Crippen LogP contribution in [0.15, 0.2) is 0 Å². The lowest BCUT2D eigenvalue weighted by Crippen LogP contribution is -2.73. The van der Waals surface area contributed by atoms with Crippen LogP contribution >= 0.6 is 0 Å². The molecule has 1 rings (SSSR count). The number of ether oxygens (including phenoxy) is 1. The van der Waals surface area contributed by atoms with Gasteiger partial charge in [-0.2, -0.15) is 13.2 Å². The van der Waals surface area contributed by atoms with Crippen molar-refractivity contribution < 1.29 is 32.3 Å². The van der Waals surface area contributed by atoms with Crippen LogP contribution in [0.25, 0.3) is 0 Å². The van der Waals surface area contributed by atoms with Crippen LogP contribution in [0.5, 0.6) is 0 Å². The van der Waals surface area contributed by atoms with Gasteiger partial charge in [0.2, 0.25) is 5.91 Å². The molecule has 0 bridgehead atoms. The number of halogens is 3. The van der Waals surface area contributed by atoms with Crippen LogP contribution in [0.3, 0.4) is 0 Å². The summed E-state index contributed by atoms with van der Waals surface area (Å²) in [6.45, 7) is 1.53. The summed E-state index contributed by atoms with van der Waals surface area (Å²) < 4.78 is 41.1. The monoisotopic (exact) mass is 268 g/mol. The first kappa shape index (κ1) is 14.3. The van der Waals surface area contributed by atoms with Gasteiger partial charge in [-0.25, -0.2) is 4.79 Å². The fourth-order valence-corrected chi connectivity index (χ4v) is 1.52. The van der Waals surface area contributed by atoms with E-state index >= 15 is 0 Å². The van der Waals surface area contributed by atoms with Crippen molar-refractivity contribution in [2.24, 2.45) is 0 Å². The van der Waals surface area contributed by atoms with Gasteiger partial charge in [-0.05, 0) is 6.92 Å². The van der Waals surface area contributed by atoms with E-state index in [4.69, 9.17) is 0 Å². The van der Waals surface area contributed by atoms with Gasteiger partial charge < -0.3 is 15.0 Å². The van der Waals surface area contributed by atoms with Crippen LogP contribution in [-0.2, 0) is 19.1 Å². The molecule has 0 spiro atoms. The Morgan fingerprint density at radius 3 is 2.39 bits per heavy atom. The molecule has 1 fully saturated rings. The standard InChI is InChI=1S/C9H11F3N2O4/c1-3-18-7(16)4-5(6(15)13-4)14(2)8(17)9(10,11)12/h4-5H,3H2,1-2H3,(H,13,15). The van der Waals surface area contributed by atoms with Gasteiger partial charge in [0.1, 0.15) is 6.04 Å². The van der Waals surface area contributed by atoms with E-state index in [1.54, 1.807) is 0 Å². The predicted molar refractivity (Wildman–Crippen MR) is 51.2 cm³/mol. The average molecular weight is 268 g/mol. The molecule has 1 aliphatic heterocycles. The van der Waals surface area contributed by atoms with Gasteiger partial charge in [0.15, 0.2) is 6.04 Å². The fourth-order valence-electron chi connectivity index (χ4n) is 1.52. The molecule has 1 heterocycles. The topological polar surface area (TPSA) is 75.7 Å². The van der Waals surface area contributed by atoms with Crippen LogP contribution in [0.2, 0.25) is 0 Å². The molecule has 0 aliphatic carbocycles. The zero-order chi connectivity index (χ0) is 14.1. The van der Waals surface area contributed by atoms with E-state index in [1.807, 2.05) is 0 Å². The number of β-lactam (4-membered cyclic amide) rings is 1. The molecule has 2 atom stereocenters. The van der Waals surface area contributed by atoms with Gasteiger partial charge in [-0.3, -0.25) is 9.59 Å². The molecule has 2 unspecified atom stereocenters. The second kappa shape index (κ2) is 4.83. The lowest BCUT2D eigenvalue weighted by molar-refractivity contribution is -0.190. The van der Waals surface area contributed by atoms with Gasteiger partial charge in [0.25, 0.3) is 0 Å². The minimum absolute atomic E-state index is 0.0227. The fraction of sp³-hybridized carbons (Fsp3) is 0.667. The largest absolute Gasteiger partial charge is 0.471 e. The number of esters is 1. The Balaban J connectivity index is 2.78. The summed E-state index contributed by atoms with van der Waals surface area (Å²) in [5.41, 5.74) is 0. The van der Waals surface area contributed by atoms with E-state index in [0.29, 0.717) is 0 Å². The van der Waals surface area contributed by atoms with Crippen molar-refractivity contribution in [3.8, 4) is 0 Å². The van der Waals surface area contributed by atoms with E-state index in [9.17, 15) is 27.6 Å². The molecule has 0 aromatic heterocycles. The third-order valence-electron chi connectivity index (χ3n) is 2.40. The Morgan fingerprint density at radius 1 is 1.44 bits per heavy atom. The number of rotatable bonds is 3. The third-order valence-corrected chi connectivity index (χ3v) is 2.40. The summed E-state index contributed by atoms with van der Waals surface area (Å²) >= 11 is 0. The van der Waals surface area contributed by atoms with Crippen molar-refractivity contribution in [2.75, 3.05) is 13.7 Å². The molecule has 1 aliphatic rings. The third kappa shape index (κ3) is 2.54. The van der Waals surface area contributed by atoms with Gasteiger partial charge >= 0.3 is 18.1 Å². The molecule has 2 amide bonds. The zero-order valence-corrected chi connectivity index (χ0v) is 9.58. The van der Waals surface area contributed by atoms with Crippen molar-refractivity contribution >= 4 is 17.8 Å². The SMILES string of the molecule is CCOC(=O)C1NC(=O)C1N(C)C(=O)C(F)(F)F. The Hall–Kier alpha value is -1.80. The highest BCUT2D eigenvalue weighted by Gasteiger charge is 2.53. The van der Waals surface area contributed by atoms with E-state index in [2.05, 4.69) is 10.1 Å². The summed E-state index contributed by atoms with van der Waals surface area (Å²) in [5.74, 6) is -3.88. The normalized spacial score (nSPS) is 22.8. The van der Waals surface area contributed by atoms with Crippen LogP contribution in [0.4, 0.5) is 13.2 Å². The number of hydrogen-bond donors (Lipinski definition) is 1. The van der Waals surface area contributed by atoms with Crippen LogP contribution in [-0.4, -0.2) is 54.6 Å². The molecular formula is C9H11F3N2O4. The molecule has 0 aromatic carbocycles. The lowest BCUT2D eigenvalue weighted by Gasteiger charge is -2.40. The molecule has 6 nitrogen and oxygen atoms in total. The second-order valence-electron chi connectivity index (χ2n) is 3.60. The second-order valence-corrected chi connectivity index (χ2v) is 3.60. The minimum Gasteiger partial charge on any atom is -0.464 e. The maximum Gasteiger partial charge on any atom is 0.471 e. The molecule has 18 heavy (non-hydrogen) atoms. The Bertz CT molecular complexity index is 382. The first-order chi connectivity index (χ1) is 8.20. The van der Waals surface area contributed by atoms with Crippen LogP contribution in [0, 0.1) is 0 Å². The number of carbonyl (C=O) groups is 3. The molecule has 0 aromatic rings. The maximum atomic E-state index is 12.2. The summed E-state index contributed by atoms with van der Waals surface area (Å²) in [7, 11) is 0.811. The van der Waals surface area contributed by atoms with Crippen molar-refractivity contribution in [3.05, 3.63) is 0 Å². The number of carbonyl (C=O) groups excluding carboxylic acids is 3. The molecule has 1 saturated heterocycles. The van der Waals surface area contributed by atoms with Crippen molar-refractivity contribution in [1.29, 1.82) is 0 Å². The van der Waals surface area contributed by atoms with Gasteiger partial charge in [0, 0.05) is 7.05 Å². The van der Waals surface area contributed by atoms with Gasteiger partial charge in [-0.15, -0.1) is 0 Å². The summed E-state index contributed by atoms with van der Waals surface area (Å²) in [6.07, 6.45) is -5.09. The molecule has 0 radical (unpaired) electrons. The number of hydrogen-bond acceptors (Lipinski definition) is 4. The van der Waals surface area contributed by atoms with Gasteiger partial charge in [-0.1, -0.05) is 0 Å². The number of likely N-dealkylation sites (N-methyl/N-ethyl adjacent to an activating group) is 1. The number of nitrogens with one attached hydrogen (secondary N) is 1. The maximum absolute atomic E-state index is 12.2. The van der Waals surface area contributed by atoms with Crippen molar-refractivity contribution in [1.82, 2.24) is 10.2 Å². The predicted octanol–water partition coefficient (Wildman–Crippen LogP) is -0.563. The van der Waals surface area contributed by atoms with E-state index in [-0.39, 0.29) is 11.5 Å². The quantitative estimate of drug-likeness (QED) is 0.550. The van der Waals surface area contributed by atoms with Crippen LogP contribution in [0.1, 0.15) is 6.92 Å². The highest BCUT2D eigenvalue weighted by atomic mass is 19.4. The lowest BCUT2D eigenvalue weighted by atomic mass is 9.97. The van der Waals surface area contributed by atoms with Crippen LogP contribution < -0.4 is 5.32 Å². The van der Waals surface area contributed by atoms with E-state index < -0.39 is 36.0 Å². The van der Waals surface area contributed by atoms with Crippen molar-refractivity contribution in [3.63, 3.8) is 0 Å². The van der Waals surface area contributed by atoms with Gasteiger partial charge in [0.05, 0.1) is 6.61 Å². The Kier molecular flexibility index (Phi) is 3.82. The summed E-state index contributed by atoms with van der Waals surface area (Å²) in [5, 5.41) is 2.09. The van der Waals surface area contributed by atoms with E-state index in [0.717, 1.165) is 7.05 Å². The molecule has 102 valence electrons. The first-order valence-electron chi connectivity index (χ1n) is 5.01. The number of nitrogens with zero attached hydrogens (tertiary/aromatic N) is 1. The number of amides is 2. The molecular weight excluding hydrogens is 257 g/mol. The molecule has 1 N–H and O–H groups in total. The van der Waals surface area contributed by atoms with Crippen molar-refractivity contribution in [2.45, 2.75) is 25.2 Å².